The van der Waals surface area contributed by atoms with Crippen LogP contribution in [0.4, 0.5) is 0 Å². The van der Waals surface area contributed by atoms with Gasteiger partial charge in [-0.3, -0.25) is 0 Å². The zero-order valence-electron chi connectivity index (χ0n) is 13.4. The Morgan fingerprint density at radius 1 is 1.06 bits per heavy atom. The monoisotopic (exact) mass is 254 g/mol. The second kappa shape index (κ2) is 6.91. The third kappa shape index (κ3) is 7.38. The van der Waals surface area contributed by atoms with Crippen LogP contribution < -0.4 is 5.32 Å². The van der Waals surface area contributed by atoms with Crippen molar-refractivity contribution < 1.29 is 0 Å². The quantitative estimate of drug-likeness (QED) is 0.678. The summed E-state index contributed by atoms with van der Waals surface area (Å²) in [7, 11) is 0. The number of nitrogens with zero attached hydrogens (tertiary/aromatic N) is 1. The summed E-state index contributed by atoms with van der Waals surface area (Å²) in [5, 5.41) is 3.68. The van der Waals surface area contributed by atoms with Gasteiger partial charge in [-0.15, -0.1) is 0 Å². The molecule has 0 amide bonds. The van der Waals surface area contributed by atoms with Crippen molar-refractivity contribution in [2.24, 2.45) is 17.3 Å². The fraction of sp³-hybridized carbons (Fsp3) is 1.00. The molecular weight excluding hydrogens is 220 g/mol. The summed E-state index contributed by atoms with van der Waals surface area (Å²) in [4.78, 5) is 2.66. The van der Waals surface area contributed by atoms with E-state index in [2.05, 4.69) is 51.8 Å². The van der Waals surface area contributed by atoms with E-state index >= 15 is 0 Å². The van der Waals surface area contributed by atoms with E-state index in [1.807, 2.05) is 0 Å². The molecule has 1 rings (SSSR count). The van der Waals surface area contributed by atoms with Crippen molar-refractivity contribution in [3.63, 3.8) is 0 Å². The molecule has 0 bridgehead atoms. The zero-order valence-corrected chi connectivity index (χ0v) is 13.4. The van der Waals surface area contributed by atoms with Crippen LogP contribution >= 0.6 is 0 Å². The van der Waals surface area contributed by atoms with Gasteiger partial charge in [0.2, 0.25) is 0 Å². The Morgan fingerprint density at radius 3 is 1.94 bits per heavy atom. The molecular formula is C16H34N2. The summed E-state index contributed by atoms with van der Waals surface area (Å²) in [5.41, 5.74) is 0.381. The molecule has 1 aliphatic rings. The largest absolute Gasteiger partial charge is 0.313 e. The van der Waals surface area contributed by atoms with Crippen molar-refractivity contribution in [1.29, 1.82) is 0 Å². The van der Waals surface area contributed by atoms with Gasteiger partial charge in [-0.25, -0.2) is 0 Å². The van der Waals surface area contributed by atoms with E-state index in [-0.39, 0.29) is 0 Å². The minimum atomic E-state index is 0.381. The Morgan fingerprint density at radius 2 is 1.56 bits per heavy atom. The van der Waals surface area contributed by atoms with Crippen molar-refractivity contribution in [2.45, 2.75) is 60.4 Å². The van der Waals surface area contributed by atoms with Crippen LogP contribution in [0.1, 0.15) is 54.4 Å². The third-order valence-electron chi connectivity index (χ3n) is 3.34. The Balaban J connectivity index is 2.39. The van der Waals surface area contributed by atoms with E-state index in [4.69, 9.17) is 0 Å². The van der Waals surface area contributed by atoms with Gasteiger partial charge in [-0.2, -0.15) is 0 Å². The second-order valence-electron chi connectivity index (χ2n) is 7.80. The fourth-order valence-electron chi connectivity index (χ4n) is 2.61. The molecule has 108 valence electrons. The second-order valence-corrected chi connectivity index (χ2v) is 7.80. The summed E-state index contributed by atoms with van der Waals surface area (Å²) in [6, 6.07) is 0.827. The van der Waals surface area contributed by atoms with Crippen LogP contribution in [0.15, 0.2) is 0 Å². The third-order valence-corrected chi connectivity index (χ3v) is 3.34. The molecule has 1 aliphatic carbocycles. The van der Waals surface area contributed by atoms with Gasteiger partial charge in [0.25, 0.3) is 0 Å². The van der Waals surface area contributed by atoms with Crippen LogP contribution in [-0.2, 0) is 0 Å². The van der Waals surface area contributed by atoms with Gasteiger partial charge >= 0.3 is 0 Å². The van der Waals surface area contributed by atoms with Crippen molar-refractivity contribution in [1.82, 2.24) is 10.2 Å². The highest BCUT2D eigenvalue weighted by Gasteiger charge is 2.27. The minimum absolute atomic E-state index is 0.381. The normalized spacial score (nSPS) is 17.2. The number of hydrogen-bond donors (Lipinski definition) is 1. The van der Waals surface area contributed by atoms with Crippen molar-refractivity contribution in [3.8, 4) is 0 Å². The molecule has 0 aliphatic heterocycles. The summed E-state index contributed by atoms with van der Waals surface area (Å²) in [6.45, 7) is 18.9. The lowest BCUT2D eigenvalue weighted by atomic mass is 9.91. The predicted molar refractivity (Wildman–Crippen MR) is 80.9 cm³/mol. The summed E-state index contributed by atoms with van der Waals surface area (Å²) >= 11 is 0. The molecule has 0 aromatic rings. The van der Waals surface area contributed by atoms with Crippen molar-refractivity contribution in [3.05, 3.63) is 0 Å². The number of nitrogens with one attached hydrogen (secondary N) is 1. The average molecular weight is 254 g/mol. The maximum Gasteiger partial charge on any atom is 0.00684 e. The highest BCUT2D eigenvalue weighted by molar-refractivity contribution is 4.85. The Bertz CT molecular complexity index is 219. The van der Waals surface area contributed by atoms with Crippen LogP contribution in [0.5, 0.6) is 0 Å². The van der Waals surface area contributed by atoms with Gasteiger partial charge in [-0.05, 0) is 30.1 Å². The minimum Gasteiger partial charge on any atom is -0.313 e. The highest BCUT2D eigenvalue weighted by atomic mass is 15.1. The van der Waals surface area contributed by atoms with Crippen molar-refractivity contribution >= 4 is 0 Å². The van der Waals surface area contributed by atoms with Gasteiger partial charge in [0.05, 0.1) is 0 Å². The summed E-state index contributed by atoms with van der Waals surface area (Å²) in [5.74, 6) is 1.52. The first-order chi connectivity index (χ1) is 8.28. The van der Waals surface area contributed by atoms with E-state index in [1.54, 1.807) is 0 Å². The Hall–Kier alpha value is -0.0800. The predicted octanol–water partition coefficient (Wildman–Crippen LogP) is 3.38. The molecule has 1 fully saturated rings. The van der Waals surface area contributed by atoms with Gasteiger partial charge in [0.15, 0.2) is 0 Å². The molecule has 0 heterocycles. The van der Waals surface area contributed by atoms with E-state index in [0.717, 1.165) is 24.4 Å². The summed E-state index contributed by atoms with van der Waals surface area (Å²) < 4.78 is 0. The van der Waals surface area contributed by atoms with E-state index < -0.39 is 0 Å². The lowest BCUT2D eigenvalue weighted by Crippen LogP contribution is -2.43. The molecule has 0 radical (unpaired) electrons. The van der Waals surface area contributed by atoms with Gasteiger partial charge in [0.1, 0.15) is 0 Å². The SMILES string of the molecule is CC(C)CN(CC(C)C)CC(C)(C)CNC1CC1. The molecule has 0 aromatic heterocycles. The van der Waals surface area contributed by atoms with E-state index in [0.29, 0.717) is 5.41 Å². The molecule has 1 saturated carbocycles. The number of hydrogen-bond acceptors (Lipinski definition) is 2. The van der Waals surface area contributed by atoms with Crippen LogP contribution in [0.25, 0.3) is 0 Å². The van der Waals surface area contributed by atoms with Crippen LogP contribution in [0, 0.1) is 17.3 Å². The standard InChI is InChI=1S/C16H34N2/c1-13(2)9-18(10-14(3)4)12-16(5,6)11-17-15-7-8-15/h13-15,17H,7-12H2,1-6H3. The van der Waals surface area contributed by atoms with Crippen LogP contribution in [0.2, 0.25) is 0 Å². The van der Waals surface area contributed by atoms with Crippen LogP contribution in [-0.4, -0.2) is 37.1 Å². The molecule has 0 unspecified atom stereocenters. The smallest absolute Gasteiger partial charge is 0.00684 e. The Labute approximate surface area is 115 Å². The molecule has 0 aromatic carbocycles. The lowest BCUT2D eigenvalue weighted by molar-refractivity contribution is 0.145. The first-order valence-electron chi connectivity index (χ1n) is 7.74. The summed E-state index contributed by atoms with van der Waals surface area (Å²) in [6.07, 6.45) is 2.77. The Kier molecular flexibility index (Phi) is 6.13. The van der Waals surface area contributed by atoms with Crippen molar-refractivity contribution in [2.75, 3.05) is 26.2 Å². The molecule has 0 saturated heterocycles. The molecule has 2 heteroatoms. The molecule has 0 spiro atoms. The van der Waals surface area contributed by atoms with Gasteiger partial charge < -0.3 is 10.2 Å². The van der Waals surface area contributed by atoms with Crippen LogP contribution in [0.3, 0.4) is 0 Å². The van der Waals surface area contributed by atoms with E-state index in [1.165, 1.54) is 32.5 Å². The molecule has 2 nitrogen and oxygen atoms in total. The fourth-order valence-corrected chi connectivity index (χ4v) is 2.61. The average Bonchev–Trinajstić information content (AvgIpc) is 2.94. The van der Waals surface area contributed by atoms with Gasteiger partial charge in [-0.1, -0.05) is 41.5 Å². The first kappa shape index (κ1) is 16.0. The van der Waals surface area contributed by atoms with Gasteiger partial charge in [0, 0.05) is 32.2 Å². The molecule has 18 heavy (non-hydrogen) atoms. The molecule has 1 N–H and O–H groups in total. The highest BCUT2D eigenvalue weighted by Crippen LogP contribution is 2.23. The maximum atomic E-state index is 3.68. The lowest BCUT2D eigenvalue weighted by Gasteiger charge is -2.35. The van der Waals surface area contributed by atoms with E-state index in [9.17, 15) is 0 Å². The maximum absolute atomic E-state index is 3.68. The molecule has 0 atom stereocenters. The topological polar surface area (TPSA) is 15.3 Å². The number of rotatable bonds is 9. The first-order valence-corrected chi connectivity index (χ1v) is 7.74. The zero-order chi connectivity index (χ0) is 13.8.